The summed E-state index contributed by atoms with van der Waals surface area (Å²) in [5.74, 6) is -2.93. The second kappa shape index (κ2) is 12.8. The Bertz CT molecular complexity index is 1470. The molecule has 8 nitrogen and oxygen atoms in total. The van der Waals surface area contributed by atoms with Crippen LogP contribution in [0.1, 0.15) is 34.0 Å². The minimum atomic E-state index is -0.955. The third-order valence-corrected chi connectivity index (χ3v) is 6.61. The monoisotopic (exact) mass is 554 g/mol. The van der Waals surface area contributed by atoms with Gasteiger partial charge in [0.1, 0.15) is 29.1 Å². The molecule has 0 aliphatic carbocycles. The van der Waals surface area contributed by atoms with Crippen molar-refractivity contribution in [2.75, 3.05) is 20.8 Å². The predicted molar refractivity (Wildman–Crippen MR) is 146 cm³/mol. The van der Waals surface area contributed by atoms with Crippen molar-refractivity contribution in [3.05, 3.63) is 88.7 Å². The molecule has 40 heavy (non-hydrogen) atoms. The van der Waals surface area contributed by atoms with E-state index in [2.05, 4.69) is 18.3 Å². The average molecular weight is 555 g/mol. The number of ether oxygens (including phenoxy) is 3. The number of phenols is 1. The summed E-state index contributed by atoms with van der Waals surface area (Å²) in [6, 6.07) is 11.9. The van der Waals surface area contributed by atoms with Crippen molar-refractivity contribution in [1.82, 2.24) is 5.32 Å². The van der Waals surface area contributed by atoms with Crippen LogP contribution in [0.25, 0.3) is 11.0 Å². The summed E-state index contributed by atoms with van der Waals surface area (Å²) in [4.78, 5) is 13.5. The lowest BCUT2D eigenvalue weighted by Crippen LogP contribution is -2.46. The molecule has 0 aliphatic heterocycles. The zero-order chi connectivity index (χ0) is 28.8. The summed E-state index contributed by atoms with van der Waals surface area (Å²) >= 11 is 0. The van der Waals surface area contributed by atoms with E-state index in [1.165, 1.54) is 38.2 Å². The Labute approximate surface area is 230 Å². The number of carbonyl (C=O) groups is 1. The number of esters is 1. The number of rotatable bonds is 12. The number of hydrogen-bond acceptors (Lipinski definition) is 8. The second-order valence-electron chi connectivity index (χ2n) is 9.35. The number of methoxy groups -OCH3 is 2. The lowest BCUT2D eigenvalue weighted by Gasteiger charge is -2.25. The van der Waals surface area contributed by atoms with Gasteiger partial charge >= 0.3 is 5.97 Å². The second-order valence-corrected chi connectivity index (χ2v) is 9.35. The summed E-state index contributed by atoms with van der Waals surface area (Å²) in [5, 5.41) is 14.6. The number of fused-ring (bicyclic) bond motifs is 1. The van der Waals surface area contributed by atoms with Crippen LogP contribution in [0.15, 0.2) is 59.2 Å². The maximum absolute atomic E-state index is 13.8. The van der Waals surface area contributed by atoms with E-state index < -0.39 is 35.5 Å². The first-order valence-corrected chi connectivity index (χ1v) is 12.8. The molecule has 1 aromatic heterocycles. The Kier molecular flexibility index (Phi) is 9.23. The molecular weight excluding hydrogens is 522 g/mol. The van der Waals surface area contributed by atoms with Crippen molar-refractivity contribution in [2.24, 2.45) is 5.73 Å². The first kappa shape index (κ1) is 28.8. The van der Waals surface area contributed by atoms with E-state index in [0.29, 0.717) is 17.5 Å². The van der Waals surface area contributed by atoms with E-state index in [0.717, 1.165) is 18.1 Å². The SMILES string of the molecule is CCc1cccc(CNC[C@@H](OC(=O)c2c(O)c(OC)c3occc3c2OC)[C@@H](N)Cc2cc(F)cc(F)c2)c1. The van der Waals surface area contributed by atoms with E-state index in [1.807, 2.05) is 18.2 Å². The van der Waals surface area contributed by atoms with Gasteiger partial charge < -0.3 is 34.8 Å². The molecule has 212 valence electrons. The van der Waals surface area contributed by atoms with E-state index in [-0.39, 0.29) is 35.6 Å². The molecule has 1 heterocycles. The van der Waals surface area contributed by atoms with Crippen molar-refractivity contribution in [1.29, 1.82) is 0 Å². The smallest absolute Gasteiger partial charge is 0.346 e. The first-order chi connectivity index (χ1) is 19.2. The molecule has 4 aromatic rings. The van der Waals surface area contributed by atoms with E-state index in [1.54, 1.807) is 6.07 Å². The fourth-order valence-electron chi connectivity index (χ4n) is 4.65. The van der Waals surface area contributed by atoms with Gasteiger partial charge in [-0.15, -0.1) is 0 Å². The van der Waals surface area contributed by atoms with E-state index >= 15 is 0 Å². The van der Waals surface area contributed by atoms with Crippen LogP contribution < -0.4 is 20.5 Å². The number of furan rings is 1. The van der Waals surface area contributed by atoms with Crippen LogP contribution >= 0.6 is 0 Å². The van der Waals surface area contributed by atoms with Gasteiger partial charge in [-0.25, -0.2) is 13.6 Å². The molecule has 0 bridgehead atoms. The molecular formula is C30H32F2N2O6. The standard InChI is InChI=1S/C30H32F2N2O6/c1-4-17-6-5-7-18(10-17)15-34-16-24(23(33)13-19-11-20(31)14-21(32)12-19)40-30(36)25-26(35)29(38-3)28-22(8-9-39-28)27(25)37-2/h5-12,14,23-24,34-35H,4,13,15-16,33H2,1-3H3/t23-,24+/m0/s1. The highest BCUT2D eigenvalue weighted by Gasteiger charge is 2.31. The molecule has 0 radical (unpaired) electrons. The zero-order valence-electron chi connectivity index (χ0n) is 22.5. The number of aromatic hydroxyl groups is 1. The molecule has 0 saturated heterocycles. The van der Waals surface area contributed by atoms with E-state index in [4.69, 9.17) is 24.4 Å². The Hall–Kier alpha value is -4.15. The van der Waals surface area contributed by atoms with Gasteiger partial charge in [0.2, 0.25) is 5.75 Å². The molecule has 0 spiro atoms. The molecule has 0 unspecified atom stereocenters. The third-order valence-electron chi connectivity index (χ3n) is 6.61. The molecule has 2 atom stereocenters. The van der Waals surface area contributed by atoms with Crippen molar-refractivity contribution >= 4 is 16.9 Å². The minimum Gasteiger partial charge on any atom is -0.503 e. The molecule has 3 aromatic carbocycles. The largest absolute Gasteiger partial charge is 0.503 e. The van der Waals surface area contributed by atoms with Gasteiger partial charge in [-0.3, -0.25) is 0 Å². The number of carbonyl (C=O) groups excluding carboxylic acids is 1. The Balaban J connectivity index is 1.61. The van der Waals surface area contributed by atoms with Crippen LogP contribution in [-0.2, 0) is 24.1 Å². The molecule has 0 fully saturated rings. The molecule has 4 rings (SSSR count). The Morgan fingerprint density at radius 3 is 2.40 bits per heavy atom. The Morgan fingerprint density at radius 2 is 1.73 bits per heavy atom. The summed E-state index contributed by atoms with van der Waals surface area (Å²) in [6.07, 6.45) is 1.33. The maximum atomic E-state index is 13.8. The maximum Gasteiger partial charge on any atom is 0.346 e. The van der Waals surface area contributed by atoms with Crippen LogP contribution in [0.2, 0.25) is 0 Å². The Morgan fingerprint density at radius 1 is 1.02 bits per heavy atom. The van der Waals surface area contributed by atoms with Crippen LogP contribution in [0.4, 0.5) is 8.78 Å². The van der Waals surface area contributed by atoms with Gasteiger partial charge in [0, 0.05) is 25.2 Å². The van der Waals surface area contributed by atoms with Crippen LogP contribution in [0.3, 0.4) is 0 Å². The zero-order valence-corrected chi connectivity index (χ0v) is 22.5. The average Bonchev–Trinajstić information content (AvgIpc) is 3.40. The number of benzene rings is 3. The quantitative estimate of drug-likeness (QED) is 0.212. The van der Waals surface area contributed by atoms with Gasteiger partial charge in [0.05, 0.1) is 25.9 Å². The molecule has 10 heteroatoms. The number of nitrogens with one attached hydrogen (secondary N) is 1. The first-order valence-electron chi connectivity index (χ1n) is 12.8. The molecule has 4 N–H and O–H groups in total. The highest BCUT2D eigenvalue weighted by Crippen LogP contribution is 2.46. The fraction of sp³-hybridized carbons (Fsp3) is 0.300. The number of phenolic OH excluding ortho intramolecular Hbond substituents is 1. The number of hydrogen-bond donors (Lipinski definition) is 3. The number of halogens is 2. The van der Waals surface area contributed by atoms with Gasteiger partial charge in [-0.05, 0) is 47.7 Å². The van der Waals surface area contributed by atoms with Crippen molar-refractivity contribution in [3.63, 3.8) is 0 Å². The highest BCUT2D eigenvalue weighted by molar-refractivity contribution is 6.06. The number of aryl methyl sites for hydroxylation is 1. The summed E-state index contributed by atoms with van der Waals surface area (Å²) in [5.41, 5.74) is 8.89. The van der Waals surface area contributed by atoms with Crippen LogP contribution in [0.5, 0.6) is 17.2 Å². The molecule has 0 aliphatic rings. The van der Waals surface area contributed by atoms with Crippen LogP contribution in [0, 0.1) is 11.6 Å². The lowest BCUT2D eigenvalue weighted by atomic mass is 10.0. The van der Waals surface area contributed by atoms with Crippen molar-refractivity contribution in [2.45, 2.75) is 38.5 Å². The van der Waals surface area contributed by atoms with Gasteiger partial charge in [-0.1, -0.05) is 31.2 Å². The molecule has 0 saturated carbocycles. The van der Waals surface area contributed by atoms with Crippen molar-refractivity contribution < 1.29 is 37.3 Å². The minimum absolute atomic E-state index is 0.0207. The van der Waals surface area contributed by atoms with Crippen LogP contribution in [-0.4, -0.2) is 44.0 Å². The van der Waals surface area contributed by atoms with Gasteiger partial charge in [0.25, 0.3) is 0 Å². The highest BCUT2D eigenvalue weighted by atomic mass is 19.1. The fourth-order valence-corrected chi connectivity index (χ4v) is 4.65. The van der Waals surface area contributed by atoms with Crippen molar-refractivity contribution in [3.8, 4) is 17.2 Å². The summed E-state index contributed by atoms with van der Waals surface area (Å²) in [6.45, 7) is 2.65. The lowest BCUT2D eigenvalue weighted by molar-refractivity contribution is 0.0231. The number of nitrogens with two attached hydrogens (primary N) is 1. The van der Waals surface area contributed by atoms with Gasteiger partial charge in [0.15, 0.2) is 11.3 Å². The third kappa shape index (κ3) is 6.35. The summed E-state index contributed by atoms with van der Waals surface area (Å²) in [7, 11) is 2.67. The van der Waals surface area contributed by atoms with Gasteiger partial charge in [-0.2, -0.15) is 0 Å². The topological polar surface area (TPSA) is 116 Å². The summed E-state index contributed by atoms with van der Waals surface area (Å²) < 4.78 is 49.6. The predicted octanol–water partition coefficient (Wildman–Crippen LogP) is 4.88. The molecule has 0 amide bonds. The van der Waals surface area contributed by atoms with E-state index in [9.17, 15) is 18.7 Å². The normalized spacial score (nSPS) is 12.8.